The Morgan fingerprint density at radius 1 is 1.63 bits per heavy atom. The number of thiophene rings is 1. The van der Waals surface area contributed by atoms with E-state index in [9.17, 15) is 4.79 Å². The molecule has 2 rings (SSSR count). The molecule has 1 amide bonds. The molecule has 1 unspecified atom stereocenters. The van der Waals surface area contributed by atoms with Gasteiger partial charge in [-0.3, -0.25) is 4.79 Å². The first-order valence-corrected chi connectivity index (χ1v) is 7.56. The molecule has 2 heterocycles. The lowest BCUT2D eigenvalue weighted by atomic mass is 10.00. The summed E-state index contributed by atoms with van der Waals surface area (Å²) in [5.74, 6) is 6.57. The number of likely N-dealkylation sites (tertiary alicyclic amines) is 1. The molecule has 1 atom stereocenters. The van der Waals surface area contributed by atoms with Gasteiger partial charge in [0.05, 0.1) is 17.0 Å². The van der Waals surface area contributed by atoms with Crippen molar-refractivity contribution in [2.24, 2.45) is 5.92 Å². The molecule has 0 saturated carbocycles. The molecule has 1 aliphatic rings. The van der Waals surface area contributed by atoms with Crippen LogP contribution in [-0.4, -0.2) is 35.6 Å². The van der Waals surface area contributed by atoms with Crippen molar-refractivity contribution in [2.45, 2.75) is 26.2 Å². The smallest absolute Gasteiger partial charge is 0.254 e. The van der Waals surface area contributed by atoms with Crippen LogP contribution < -0.4 is 0 Å². The number of nitrogens with zero attached hydrogens (tertiary/aromatic N) is 1. The van der Waals surface area contributed by atoms with Crippen molar-refractivity contribution in [1.82, 2.24) is 4.90 Å². The molecule has 1 saturated heterocycles. The lowest BCUT2D eigenvalue weighted by molar-refractivity contribution is 0.0683. The van der Waals surface area contributed by atoms with E-state index < -0.39 is 0 Å². The highest BCUT2D eigenvalue weighted by molar-refractivity contribution is 7.10. The third-order valence-electron chi connectivity index (χ3n) is 3.24. The Labute approximate surface area is 118 Å². The molecular weight excluding hydrogens is 258 g/mol. The van der Waals surface area contributed by atoms with Crippen LogP contribution in [0.5, 0.6) is 0 Å². The molecule has 0 aliphatic carbocycles. The van der Waals surface area contributed by atoms with Crippen LogP contribution in [0.2, 0.25) is 0 Å². The molecule has 0 spiro atoms. The molecule has 0 radical (unpaired) electrons. The Bertz CT molecular complexity index is 498. The SMILES string of the molecule is CC1CCCN(C(=O)c2csc(C#CCCO)c2)C1. The average molecular weight is 277 g/mol. The van der Waals surface area contributed by atoms with Crippen molar-refractivity contribution in [3.8, 4) is 11.8 Å². The zero-order chi connectivity index (χ0) is 13.7. The molecule has 1 aromatic heterocycles. The van der Waals surface area contributed by atoms with Crippen LogP contribution in [0.3, 0.4) is 0 Å². The fourth-order valence-electron chi connectivity index (χ4n) is 2.28. The summed E-state index contributed by atoms with van der Waals surface area (Å²) in [5.41, 5.74) is 0.743. The second kappa shape index (κ2) is 6.74. The Morgan fingerprint density at radius 2 is 2.47 bits per heavy atom. The minimum absolute atomic E-state index is 0.0792. The van der Waals surface area contributed by atoms with E-state index in [1.807, 2.05) is 16.3 Å². The van der Waals surface area contributed by atoms with E-state index in [4.69, 9.17) is 5.11 Å². The Hall–Kier alpha value is -1.31. The van der Waals surface area contributed by atoms with E-state index in [2.05, 4.69) is 18.8 Å². The van der Waals surface area contributed by atoms with E-state index in [-0.39, 0.29) is 12.5 Å². The molecule has 0 aromatic carbocycles. The largest absolute Gasteiger partial charge is 0.395 e. The van der Waals surface area contributed by atoms with Crippen molar-refractivity contribution in [1.29, 1.82) is 0 Å². The van der Waals surface area contributed by atoms with Gasteiger partial charge in [-0.05, 0) is 24.8 Å². The van der Waals surface area contributed by atoms with Crippen molar-refractivity contribution in [3.05, 3.63) is 21.9 Å². The van der Waals surface area contributed by atoms with E-state index in [1.165, 1.54) is 17.8 Å². The number of aliphatic hydroxyl groups is 1. The van der Waals surface area contributed by atoms with Gasteiger partial charge in [0.15, 0.2) is 0 Å². The number of hydrogen-bond acceptors (Lipinski definition) is 3. The first-order chi connectivity index (χ1) is 9.20. The summed E-state index contributed by atoms with van der Waals surface area (Å²) < 4.78 is 0. The molecule has 1 N–H and O–H groups in total. The fraction of sp³-hybridized carbons (Fsp3) is 0.533. The zero-order valence-electron chi connectivity index (χ0n) is 11.2. The molecule has 4 heteroatoms. The molecule has 1 aromatic rings. The third kappa shape index (κ3) is 3.82. The lowest BCUT2D eigenvalue weighted by Gasteiger charge is -2.30. The number of carbonyl (C=O) groups is 1. The summed E-state index contributed by atoms with van der Waals surface area (Å²) in [6.45, 7) is 4.00. The maximum absolute atomic E-state index is 12.3. The fourth-order valence-corrected chi connectivity index (χ4v) is 3.02. The standard InChI is InChI=1S/C15H19NO2S/c1-12-5-4-7-16(10-12)15(18)13-9-14(19-11-13)6-2-3-8-17/h9,11-12,17H,3-5,7-8,10H2,1H3. The molecule has 19 heavy (non-hydrogen) atoms. The molecule has 3 nitrogen and oxygen atoms in total. The minimum atomic E-state index is 0.0792. The minimum Gasteiger partial charge on any atom is -0.395 e. The van der Waals surface area contributed by atoms with Crippen molar-refractivity contribution >= 4 is 17.2 Å². The van der Waals surface area contributed by atoms with E-state index in [0.29, 0.717) is 12.3 Å². The van der Waals surface area contributed by atoms with Gasteiger partial charge in [0, 0.05) is 24.9 Å². The topological polar surface area (TPSA) is 40.5 Å². The van der Waals surface area contributed by atoms with Gasteiger partial charge in [0.1, 0.15) is 0 Å². The summed E-state index contributed by atoms with van der Waals surface area (Å²) in [5, 5.41) is 10.6. The Kier molecular flexibility index (Phi) is 5.00. The highest BCUT2D eigenvalue weighted by atomic mass is 32.1. The summed E-state index contributed by atoms with van der Waals surface area (Å²) in [6.07, 6.45) is 2.79. The van der Waals surface area contributed by atoms with Gasteiger partial charge in [0.25, 0.3) is 5.91 Å². The van der Waals surface area contributed by atoms with Gasteiger partial charge in [-0.15, -0.1) is 11.3 Å². The van der Waals surface area contributed by atoms with Crippen LogP contribution in [0.1, 0.15) is 41.4 Å². The average Bonchev–Trinajstić information content (AvgIpc) is 2.87. The van der Waals surface area contributed by atoms with Crippen LogP contribution >= 0.6 is 11.3 Å². The number of carbonyl (C=O) groups excluding carboxylic acids is 1. The quantitative estimate of drug-likeness (QED) is 0.843. The lowest BCUT2D eigenvalue weighted by Crippen LogP contribution is -2.38. The van der Waals surface area contributed by atoms with Crippen LogP contribution in [0.25, 0.3) is 0 Å². The predicted octanol–water partition coefficient (Wildman–Crippen LogP) is 2.35. The summed E-state index contributed by atoms with van der Waals surface area (Å²) in [7, 11) is 0. The van der Waals surface area contributed by atoms with Crippen LogP contribution in [0.15, 0.2) is 11.4 Å². The summed E-state index contributed by atoms with van der Waals surface area (Å²) >= 11 is 1.49. The first-order valence-electron chi connectivity index (χ1n) is 6.68. The van der Waals surface area contributed by atoms with Crippen LogP contribution in [-0.2, 0) is 0 Å². The predicted molar refractivity (Wildman–Crippen MR) is 77.2 cm³/mol. The van der Waals surface area contributed by atoms with Crippen molar-refractivity contribution in [3.63, 3.8) is 0 Å². The van der Waals surface area contributed by atoms with Gasteiger partial charge in [-0.2, -0.15) is 0 Å². The van der Waals surface area contributed by atoms with Crippen molar-refractivity contribution in [2.75, 3.05) is 19.7 Å². The third-order valence-corrected chi connectivity index (χ3v) is 4.08. The first kappa shape index (κ1) is 14.1. The normalized spacial score (nSPS) is 18.8. The van der Waals surface area contributed by atoms with Gasteiger partial charge in [-0.1, -0.05) is 18.8 Å². The van der Waals surface area contributed by atoms with E-state index in [1.54, 1.807) is 0 Å². The summed E-state index contributed by atoms with van der Waals surface area (Å²) in [6, 6.07) is 1.86. The number of rotatable bonds is 2. The highest BCUT2D eigenvalue weighted by Gasteiger charge is 2.22. The van der Waals surface area contributed by atoms with Gasteiger partial charge in [0.2, 0.25) is 0 Å². The van der Waals surface area contributed by atoms with Crippen LogP contribution in [0.4, 0.5) is 0 Å². The van der Waals surface area contributed by atoms with Gasteiger partial charge < -0.3 is 10.0 Å². The monoisotopic (exact) mass is 277 g/mol. The molecule has 1 aliphatic heterocycles. The second-order valence-electron chi connectivity index (χ2n) is 4.97. The van der Waals surface area contributed by atoms with Gasteiger partial charge in [-0.25, -0.2) is 0 Å². The van der Waals surface area contributed by atoms with E-state index in [0.717, 1.165) is 30.0 Å². The number of hydrogen-bond donors (Lipinski definition) is 1. The van der Waals surface area contributed by atoms with Gasteiger partial charge >= 0.3 is 0 Å². The number of aliphatic hydroxyl groups excluding tert-OH is 1. The number of piperidine rings is 1. The molecular formula is C15H19NO2S. The number of amides is 1. The maximum Gasteiger partial charge on any atom is 0.254 e. The van der Waals surface area contributed by atoms with Crippen LogP contribution in [0, 0.1) is 17.8 Å². The molecule has 1 fully saturated rings. The zero-order valence-corrected chi connectivity index (χ0v) is 12.0. The molecule has 102 valence electrons. The Balaban J connectivity index is 2.02. The van der Waals surface area contributed by atoms with E-state index >= 15 is 0 Å². The maximum atomic E-state index is 12.3. The second-order valence-corrected chi connectivity index (χ2v) is 5.88. The molecule has 0 bridgehead atoms. The van der Waals surface area contributed by atoms with Crippen molar-refractivity contribution < 1.29 is 9.90 Å². The summed E-state index contributed by atoms with van der Waals surface area (Å²) in [4.78, 5) is 15.2. The highest BCUT2D eigenvalue weighted by Crippen LogP contribution is 2.20. The Morgan fingerprint density at radius 3 is 3.21 bits per heavy atom.